The number of nitrogens with one attached hydrogen (secondary N) is 2. The molecule has 1 heterocycles. The van der Waals surface area contributed by atoms with Gasteiger partial charge >= 0.3 is 0 Å². The quantitative estimate of drug-likeness (QED) is 0.685. The predicted molar refractivity (Wildman–Crippen MR) is 106 cm³/mol. The summed E-state index contributed by atoms with van der Waals surface area (Å²) in [5, 5.41) is 3.03. The minimum Gasteiger partial charge on any atom is -0.352 e. The average Bonchev–Trinajstić information content (AvgIpc) is 3.14. The number of amides is 1. The summed E-state index contributed by atoms with van der Waals surface area (Å²) in [4.78, 5) is 22.0. The van der Waals surface area contributed by atoms with Gasteiger partial charge in [-0.1, -0.05) is 32.0 Å². The SMILES string of the molecule is CCN(C)C[C@@H](C)CNC(=O)c1ccc(-c2ccc3nc[nH]c3c2)cc1. The highest BCUT2D eigenvalue weighted by molar-refractivity contribution is 5.94. The van der Waals surface area contributed by atoms with Crippen LogP contribution in [0.2, 0.25) is 0 Å². The van der Waals surface area contributed by atoms with Crippen LogP contribution < -0.4 is 5.32 Å². The van der Waals surface area contributed by atoms with Crippen molar-refractivity contribution < 1.29 is 4.79 Å². The van der Waals surface area contributed by atoms with Gasteiger partial charge in [0.1, 0.15) is 0 Å². The second-order valence-corrected chi connectivity index (χ2v) is 6.88. The second-order valence-electron chi connectivity index (χ2n) is 6.88. The van der Waals surface area contributed by atoms with E-state index in [4.69, 9.17) is 0 Å². The Morgan fingerprint density at radius 1 is 1.19 bits per heavy atom. The molecule has 5 nitrogen and oxygen atoms in total. The first kappa shape index (κ1) is 18.1. The first-order valence-corrected chi connectivity index (χ1v) is 9.07. The standard InChI is InChI=1S/C21H26N4O/c1-4-25(3)13-15(2)12-22-21(26)17-7-5-16(6-8-17)18-9-10-19-20(11-18)24-14-23-19/h5-11,14-15H,4,12-13H2,1-3H3,(H,22,26)(H,23,24)/t15-/m0/s1. The maximum Gasteiger partial charge on any atom is 0.251 e. The van der Waals surface area contributed by atoms with E-state index in [1.165, 1.54) is 0 Å². The van der Waals surface area contributed by atoms with Crippen molar-refractivity contribution in [2.45, 2.75) is 13.8 Å². The molecule has 0 unspecified atom stereocenters. The smallest absolute Gasteiger partial charge is 0.251 e. The highest BCUT2D eigenvalue weighted by atomic mass is 16.1. The van der Waals surface area contributed by atoms with Crippen molar-refractivity contribution in [3.05, 3.63) is 54.4 Å². The summed E-state index contributed by atoms with van der Waals surface area (Å²) in [6.45, 7) is 6.97. The largest absolute Gasteiger partial charge is 0.352 e. The number of carbonyl (C=O) groups excluding carboxylic acids is 1. The second kappa shape index (κ2) is 8.15. The van der Waals surface area contributed by atoms with Crippen molar-refractivity contribution in [2.75, 3.05) is 26.7 Å². The fourth-order valence-corrected chi connectivity index (χ4v) is 3.02. The van der Waals surface area contributed by atoms with Gasteiger partial charge in [-0.15, -0.1) is 0 Å². The molecule has 5 heteroatoms. The Morgan fingerprint density at radius 2 is 1.92 bits per heavy atom. The molecule has 0 aliphatic rings. The van der Waals surface area contributed by atoms with Gasteiger partial charge < -0.3 is 15.2 Å². The van der Waals surface area contributed by atoms with Gasteiger partial charge in [0.2, 0.25) is 0 Å². The van der Waals surface area contributed by atoms with Crippen LogP contribution in [-0.2, 0) is 0 Å². The van der Waals surface area contributed by atoms with Crippen LogP contribution in [-0.4, -0.2) is 47.5 Å². The zero-order valence-electron chi connectivity index (χ0n) is 15.6. The summed E-state index contributed by atoms with van der Waals surface area (Å²) >= 11 is 0. The third-order valence-electron chi connectivity index (χ3n) is 4.67. The molecule has 3 rings (SSSR count). The number of aromatic amines is 1. The Labute approximate surface area is 154 Å². The van der Waals surface area contributed by atoms with E-state index in [9.17, 15) is 4.79 Å². The van der Waals surface area contributed by atoms with E-state index in [0.717, 1.165) is 35.2 Å². The lowest BCUT2D eigenvalue weighted by Crippen LogP contribution is -2.33. The number of fused-ring (bicyclic) bond motifs is 1. The fourth-order valence-electron chi connectivity index (χ4n) is 3.02. The lowest BCUT2D eigenvalue weighted by Gasteiger charge is -2.19. The predicted octanol–water partition coefficient (Wildman–Crippen LogP) is 3.55. The lowest BCUT2D eigenvalue weighted by molar-refractivity contribution is 0.0945. The Morgan fingerprint density at radius 3 is 2.65 bits per heavy atom. The summed E-state index contributed by atoms with van der Waals surface area (Å²) in [6, 6.07) is 13.8. The highest BCUT2D eigenvalue weighted by Gasteiger charge is 2.10. The van der Waals surface area contributed by atoms with E-state index < -0.39 is 0 Å². The monoisotopic (exact) mass is 350 g/mol. The number of hydrogen-bond donors (Lipinski definition) is 2. The zero-order valence-corrected chi connectivity index (χ0v) is 15.6. The molecular formula is C21H26N4O. The molecule has 0 saturated heterocycles. The molecule has 0 spiro atoms. The van der Waals surface area contributed by atoms with Gasteiger partial charge in [-0.2, -0.15) is 0 Å². The van der Waals surface area contributed by atoms with Crippen LogP contribution in [0.1, 0.15) is 24.2 Å². The molecule has 2 N–H and O–H groups in total. The average molecular weight is 350 g/mol. The third-order valence-corrected chi connectivity index (χ3v) is 4.67. The molecule has 0 aliphatic heterocycles. The topological polar surface area (TPSA) is 61.0 Å². The number of carbonyl (C=O) groups is 1. The number of hydrogen-bond acceptors (Lipinski definition) is 3. The van der Waals surface area contributed by atoms with Crippen molar-refractivity contribution in [3.63, 3.8) is 0 Å². The summed E-state index contributed by atoms with van der Waals surface area (Å²) in [6.07, 6.45) is 1.70. The van der Waals surface area contributed by atoms with Crippen molar-refractivity contribution in [2.24, 2.45) is 5.92 Å². The van der Waals surface area contributed by atoms with E-state index >= 15 is 0 Å². The van der Waals surface area contributed by atoms with Gasteiger partial charge in [0.05, 0.1) is 17.4 Å². The van der Waals surface area contributed by atoms with Crippen LogP contribution >= 0.6 is 0 Å². The number of H-pyrrole nitrogens is 1. The third kappa shape index (κ3) is 4.29. The van der Waals surface area contributed by atoms with Crippen LogP contribution in [0.4, 0.5) is 0 Å². The Bertz CT molecular complexity index is 869. The number of benzene rings is 2. The van der Waals surface area contributed by atoms with Crippen molar-refractivity contribution in [3.8, 4) is 11.1 Å². The van der Waals surface area contributed by atoms with Gasteiger partial charge in [-0.25, -0.2) is 4.98 Å². The minimum absolute atomic E-state index is 0.0217. The molecule has 1 aromatic heterocycles. The fraction of sp³-hybridized carbons (Fsp3) is 0.333. The van der Waals surface area contributed by atoms with E-state index in [1.807, 2.05) is 36.4 Å². The normalized spacial score (nSPS) is 12.5. The van der Waals surface area contributed by atoms with E-state index in [2.05, 4.69) is 47.1 Å². The Kier molecular flexibility index (Phi) is 5.68. The van der Waals surface area contributed by atoms with Crippen LogP contribution in [0.5, 0.6) is 0 Å². The Balaban J connectivity index is 1.62. The van der Waals surface area contributed by atoms with Gasteiger partial charge in [-0.05, 0) is 54.9 Å². The molecule has 0 radical (unpaired) electrons. The summed E-state index contributed by atoms with van der Waals surface area (Å²) < 4.78 is 0. The van der Waals surface area contributed by atoms with Gasteiger partial charge in [0.15, 0.2) is 0 Å². The molecule has 0 aliphatic carbocycles. The van der Waals surface area contributed by atoms with E-state index in [1.54, 1.807) is 6.33 Å². The molecule has 26 heavy (non-hydrogen) atoms. The molecule has 0 saturated carbocycles. The molecule has 1 atom stereocenters. The van der Waals surface area contributed by atoms with Gasteiger partial charge in [0.25, 0.3) is 5.91 Å². The van der Waals surface area contributed by atoms with Gasteiger partial charge in [0, 0.05) is 18.7 Å². The van der Waals surface area contributed by atoms with Crippen molar-refractivity contribution in [1.29, 1.82) is 0 Å². The van der Waals surface area contributed by atoms with Crippen LogP contribution in [0.25, 0.3) is 22.2 Å². The number of aromatic nitrogens is 2. The summed E-state index contributed by atoms with van der Waals surface area (Å²) in [7, 11) is 2.09. The van der Waals surface area contributed by atoms with Crippen LogP contribution in [0.15, 0.2) is 48.8 Å². The maximum absolute atomic E-state index is 12.4. The lowest BCUT2D eigenvalue weighted by atomic mass is 10.0. The molecule has 2 aromatic carbocycles. The van der Waals surface area contributed by atoms with Crippen molar-refractivity contribution in [1.82, 2.24) is 20.2 Å². The number of imidazole rings is 1. The number of nitrogens with zero attached hydrogens (tertiary/aromatic N) is 2. The summed E-state index contributed by atoms with van der Waals surface area (Å²) in [5.41, 5.74) is 4.83. The molecular weight excluding hydrogens is 324 g/mol. The highest BCUT2D eigenvalue weighted by Crippen LogP contribution is 2.23. The zero-order chi connectivity index (χ0) is 18.5. The van der Waals surface area contributed by atoms with Gasteiger partial charge in [-0.3, -0.25) is 4.79 Å². The molecule has 1 amide bonds. The van der Waals surface area contributed by atoms with E-state index in [0.29, 0.717) is 18.0 Å². The molecule has 3 aromatic rings. The molecule has 136 valence electrons. The molecule has 0 fully saturated rings. The number of rotatable bonds is 7. The van der Waals surface area contributed by atoms with Crippen molar-refractivity contribution >= 4 is 16.9 Å². The molecule has 0 bridgehead atoms. The maximum atomic E-state index is 12.4. The van der Waals surface area contributed by atoms with Crippen LogP contribution in [0.3, 0.4) is 0 Å². The first-order chi connectivity index (χ1) is 12.6. The van der Waals surface area contributed by atoms with Crippen LogP contribution in [0, 0.1) is 5.92 Å². The Hall–Kier alpha value is -2.66. The van der Waals surface area contributed by atoms with E-state index in [-0.39, 0.29) is 5.91 Å². The summed E-state index contributed by atoms with van der Waals surface area (Å²) in [5.74, 6) is 0.399. The minimum atomic E-state index is -0.0217. The first-order valence-electron chi connectivity index (χ1n) is 9.07.